The third-order valence-corrected chi connectivity index (χ3v) is 4.91. The molecule has 1 aliphatic heterocycles. The molecule has 0 saturated carbocycles. The van der Waals surface area contributed by atoms with Gasteiger partial charge in [-0.25, -0.2) is 4.39 Å². The molecule has 1 aromatic rings. The fourth-order valence-corrected chi connectivity index (χ4v) is 3.32. The Hall–Kier alpha value is -2.70. The molecule has 1 aromatic carbocycles. The molecule has 3 amide bonds. The van der Waals surface area contributed by atoms with Gasteiger partial charge in [0, 0.05) is 31.1 Å². The SMILES string of the molecule is C=CCNC(=O)C(NC(=O)c1ccc(F)cc1)C1CCN(C(=O)C(C)C)CC1. The molecule has 0 aromatic heterocycles. The molecule has 1 fully saturated rings. The van der Waals surface area contributed by atoms with E-state index in [-0.39, 0.29) is 29.2 Å². The number of amides is 3. The highest BCUT2D eigenvalue weighted by Crippen LogP contribution is 2.23. The van der Waals surface area contributed by atoms with E-state index in [1.165, 1.54) is 24.3 Å². The van der Waals surface area contributed by atoms with E-state index >= 15 is 0 Å². The van der Waals surface area contributed by atoms with Crippen LogP contribution in [0, 0.1) is 17.7 Å². The molecule has 2 N–H and O–H groups in total. The number of nitrogens with one attached hydrogen (secondary N) is 2. The predicted octanol–water partition coefficient (Wildman–Crippen LogP) is 2.12. The maximum Gasteiger partial charge on any atom is 0.251 e. The lowest BCUT2D eigenvalue weighted by atomic mass is 9.88. The molecule has 1 aliphatic rings. The average molecular weight is 389 g/mol. The Morgan fingerprint density at radius 3 is 2.36 bits per heavy atom. The van der Waals surface area contributed by atoms with Crippen LogP contribution in [0.15, 0.2) is 36.9 Å². The molecular formula is C21H28FN3O3. The Morgan fingerprint density at radius 1 is 1.21 bits per heavy atom. The molecule has 1 heterocycles. The quantitative estimate of drug-likeness (QED) is 0.701. The van der Waals surface area contributed by atoms with E-state index in [0.717, 1.165) is 0 Å². The number of benzene rings is 1. The summed E-state index contributed by atoms with van der Waals surface area (Å²) < 4.78 is 13.1. The smallest absolute Gasteiger partial charge is 0.251 e. The van der Waals surface area contributed by atoms with Crippen LogP contribution in [-0.4, -0.2) is 48.3 Å². The molecule has 7 heteroatoms. The highest BCUT2D eigenvalue weighted by atomic mass is 19.1. The molecule has 6 nitrogen and oxygen atoms in total. The van der Waals surface area contributed by atoms with Crippen molar-refractivity contribution in [3.8, 4) is 0 Å². The maximum atomic E-state index is 13.1. The minimum absolute atomic E-state index is 0.0681. The summed E-state index contributed by atoms with van der Waals surface area (Å²) in [6, 6.07) is 4.45. The predicted molar refractivity (Wildman–Crippen MR) is 105 cm³/mol. The average Bonchev–Trinajstić information content (AvgIpc) is 2.70. The van der Waals surface area contributed by atoms with Crippen molar-refractivity contribution in [2.75, 3.05) is 19.6 Å². The number of halogens is 1. The minimum atomic E-state index is -0.728. The zero-order valence-corrected chi connectivity index (χ0v) is 16.4. The van der Waals surface area contributed by atoms with Crippen LogP contribution in [0.1, 0.15) is 37.0 Å². The van der Waals surface area contributed by atoms with Crippen molar-refractivity contribution in [1.82, 2.24) is 15.5 Å². The van der Waals surface area contributed by atoms with Crippen molar-refractivity contribution in [2.24, 2.45) is 11.8 Å². The van der Waals surface area contributed by atoms with E-state index in [2.05, 4.69) is 17.2 Å². The van der Waals surface area contributed by atoms with Gasteiger partial charge in [0.2, 0.25) is 11.8 Å². The Labute approximate surface area is 165 Å². The molecule has 2 rings (SSSR count). The first kappa shape index (κ1) is 21.6. The van der Waals surface area contributed by atoms with Crippen LogP contribution < -0.4 is 10.6 Å². The molecular weight excluding hydrogens is 361 g/mol. The number of rotatable bonds is 7. The van der Waals surface area contributed by atoms with Gasteiger partial charge in [0.25, 0.3) is 5.91 Å². The number of carbonyl (C=O) groups excluding carboxylic acids is 3. The standard InChI is InChI=1S/C21H28FN3O3/c1-4-11-23-20(27)18(24-19(26)16-5-7-17(22)8-6-16)15-9-12-25(13-10-15)21(28)14(2)3/h4-8,14-15,18H,1,9-13H2,2-3H3,(H,23,27)(H,24,26). The van der Waals surface area contributed by atoms with Gasteiger partial charge < -0.3 is 15.5 Å². The second-order valence-electron chi connectivity index (χ2n) is 7.31. The van der Waals surface area contributed by atoms with Gasteiger partial charge in [0.05, 0.1) is 0 Å². The summed E-state index contributed by atoms with van der Waals surface area (Å²) in [5.41, 5.74) is 0.287. The van der Waals surface area contributed by atoms with Crippen molar-refractivity contribution in [2.45, 2.75) is 32.7 Å². The fraction of sp³-hybridized carbons (Fsp3) is 0.476. The van der Waals surface area contributed by atoms with E-state index in [9.17, 15) is 18.8 Å². The van der Waals surface area contributed by atoms with Crippen molar-refractivity contribution in [3.05, 3.63) is 48.3 Å². The van der Waals surface area contributed by atoms with Crippen LogP contribution in [0.5, 0.6) is 0 Å². The summed E-state index contributed by atoms with van der Waals surface area (Å²) in [6.45, 7) is 8.72. The summed E-state index contributed by atoms with van der Waals surface area (Å²) >= 11 is 0. The van der Waals surface area contributed by atoms with Crippen molar-refractivity contribution in [3.63, 3.8) is 0 Å². The van der Waals surface area contributed by atoms with E-state index in [1.807, 2.05) is 18.7 Å². The Kier molecular flexibility index (Phi) is 7.72. The second-order valence-corrected chi connectivity index (χ2v) is 7.31. The number of piperidine rings is 1. The van der Waals surface area contributed by atoms with Gasteiger partial charge in [-0.15, -0.1) is 6.58 Å². The lowest BCUT2D eigenvalue weighted by molar-refractivity contribution is -0.136. The van der Waals surface area contributed by atoms with Gasteiger partial charge in [-0.3, -0.25) is 14.4 Å². The molecule has 1 saturated heterocycles. The van der Waals surface area contributed by atoms with Gasteiger partial charge in [-0.1, -0.05) is 19.9 Å². The summed E-state index contributed by atoms with van der Waals surface area (Å²) in [5.74, 6) is -1.21. The van der Waals surface area contributed by atoms with Crippen LogP contribution in [0.2, 0.25) is 0 Å². The first-order chi connectivity index (χ1) is 13.3. The summed E-state index contributed by atoms with van der Waals surface area (Å²) in [4.78, 5) is 39.2. The van der Waals surface area contributed by atoms with Crippen LogP contribution in [-0.2, 0) is 9.59 Å². The molecule has 152 valence electrons. The van der Waals surface area contributed by atoms with Gasteiger partial charge >= 0.3 is 0 Å². The Bertz CT molecular complexity index is 710. The molecule has 1 unspecified atom stereocenters. The molecule has 28 heavy (non-hydrogen) atoms. The van der Waals surface area contributed by atoms with Crippen LogP contribution >= 0.6 is 0 Å². The first-order valence-electron chi connectivity index (χ1n) is 9.57. The largest absolute Gasteiger partial charge is 0.351 e. The number of hydrogen-bond acceptors (Lipinski definition) is 3. The van der Waals surface area contributed by atoms with E-state index in [4.69, 9.17) is 0 Å². The normalized spacial score (nSPS) is 15.8. The number of hydrogen-bond donors (Lipinski definition) is 2. The first-order valence-corrected chi connectivity index (χ1v) is 9.57. The summed E-state index contributed by atoms with van der Waals surface area (Å²) in [5, 5.41) is 5.52. The zero-order valence-electron chi connectivity index (χ0n) is 16.4. The van der Waals surface area contributed by atoms with Gasteiger partial charge in [-0.05, 0) is 43.0 Å². The number of nitrogens with zero attached hydrogens (tertiary/aromatic N) is 1. The summed E-state index contributed by atoms with van der Waals surface area (Å²) in [6.07, 6.45) is 2.81. The number of carbonyl (C=O) groups is 3. The maximum absolute atomic E-state index is 13.1. The highest BCUT2D eigenvalue weighted by Gasteiger charge is 2.34. The molecule has 1 atom stereocenters. The van der Waals surface area contributed by atoms with Crippen LogP contribution in [0.4, 0.5) is 4.39 Å². The molecule has 0 aliphatic carbocycles. The van der Waals surface area contributed by atoms with Gasteiger partial charge in [-0.2, -0.15) is 0 Å². The molecule has 0 radical (unpaired) electrons. The third-order valence-electron chi connectivity index (χ3n) is 4.91. The third kappa shape index (κ3) is 5.65. The van der Waals surface area contributed by atoms with Crippen molar-refractivity contribution < 1.29 is 18.8 Å². The van der Waals surface area contributed by atoms with E-state index < -0.39 is 17.8 Å². The Balaban J connectivity index is 2.08. The van der Waals surface area contributed by atoms with Crippen molar-refractivity contribution in [1.29, 1.82) is 0 Å². The Morgan fingerprint density at radius 2 is 1.82 bits per heavy atom. The monoisotopic (exact) mass is 389 g/mol. The van der Waals surface area contributed by atoms with Crippen molar-refractivity contribution >= 4 is 17.7 Å². The van der Waals surface area contributed by atoms with Gasteiger partial charge in [0.15, 0.2) is 0 Å². The van der Waals surface area contributed by atoms with Crippen LogP contribution in [0.25, 0.3) is 0 Å². The number of likely N-dealkylation sites (tertiary alicyclic amines) is 1. The second kappa shape index (κ2) is 10.0. The lowest BCUT2D eigenvalue weighted by Gasteiger charge is -2.36. The molecule has 0 bridgehead atoms. The lowest BCUT2D eigenvalue weighted by Crippen LogP contribution is -2.54. The minimum Gasteiger partial charge on any atom is -0.351 e. The van der Waals surface area contributed by atoms with Crippen LogP contribution in [0.3, 0.4) is 0 Å². The fourth-order valence-electron chi connectivity index (χ4n) is 3.32. The van der Waals surface area contributed by atoms with Gasteiger partial charge in [0.1, 0.15) is 11.9 Å². The molecule has 0 spiro atoms. The summed E-state index contributed by atoms with van der Waals surface area (Å²) in [7, 11) is 0. The zero-order chi connectivity index (χ0) is 20.7. The van der Waals surface area contributed by atoms with E-state index in [0.29, 0.717) is 32.5 Å². The van der Waals surface area contributed by atoms with E-state index in [1.54, 1.807) is 6.08 Å². The highest BCUT2D eigenvalue weighted by molar-refractivity contribution is 5.97. The topological polar surface area (TPSA) is 78.5 Å².